The van der Waals surface area contributed by atoms with Crippen molar-refractivity contribution in [2.24, 2.45) is 0 Å². The summed E-state index contributed by atoms with van der Waals surface area (Å²) in [6.45, 7) is 3.95. The summed E-state index contributed by atoms with van der Waals surface area (Å²) in [5, 5.41) is 11.6. The van der Waals surface area contributed by atoms with Gasteiger partial charge in [-0.15, -0.1) is 0 Å². The van der Waals surface area contributed by atoms with Gasteiger partial charge >= 0.3 is 0 Å². The number of nitrogens with one attached hydrogen (secondary N) is 1. The van der Waals surface area contributed by atoms with Crippen LogP contribution in [0.3, 0.4) is 0 Å². The maximum absolute atomic E-state index is 10.9. The Balaban J connectivity index is 2.84. The smallest absolute Gasteiger partial charge is 0.279 e. The van der Waals surface area contributed by atoms with Gasteiger partial charge in [0.2, 0.25) is 0 Å². The second kappa shape index (κ2) is 3.38. The third-order valence-corrected chi connectivity index (χ3v) is 2.71. The van der Waals surface area contributed by atoms with Crippen LogP contribution in [0.2, 0.25) is 0 Å². The molecule has 0 fully saturated rings. The number of nitrogens with zero attached hydrogens (tertiary/aromatic N) is 1. The Morgan fingerprint density at radius 1 is 1.47 bits per heavy atom. The summed E-state index contributed by atoms with van der Waals surface area (Å²) in [5.74, 6) is 0. The second-order valence-electron chi connectivity index (χ2n) is 3.54. The lowest BCUT2D eigenvalue weighted by atomic mass is 10.1. The largest absolute Gasteiger partial charge is 0.358 e. The normalized spacial score (nSPS) is 10.8. The highest BCUT2D eigenvalue weighted by Gasteiger charge is 2.16. The van der Waals surface area contributed by atoms with E-state index in [0.29, 0.717) is 0 Å². The quantitative estimate of drug-likeness (QED) is 0.604. The fourth-order valence-electron chi connectivity index (χ4n) is 1.95. The van der Waals surface area contributed by atoms with Crippen molar-refractivity contribution in [1.82, 2.24) is 4.98 Å². The van der Waals surface area contributed by atoms with Gasteiger partial charge in [0.05, 0.1) is 15.8 Å². The van der Waals surface area contributed by atoms with E-state index < -0.39 is 0 Å². The minimum absolute atomic E-state index is 0.181. The fourth-order valence-corrected chi connectivity index (χ4v) is 1.95. The van der Waals surface area contributed by atoms with E-state index in [4.69, 9.17) is 0 Å². The van der Waals surface area contributed by atoms with E-state index in [2.05, 4.69) is 4.98 Å². The van der Waals surface area contributed by atoms with Gasteiger partial charge in [-0.2, -0.15) is 0 Å². The van der Waals surface area contributed by atoms with Crippen LogP contribution in [0.1, 0.15) is 18.2 Å². The van der Waals surface area contributed by atoms with Crippen LogP contribution in [0.5, 0.6) is 0 Å². The molecule has 15 heavy (non-hydrogen) atoms. The Hall–Kier alpha value is -1.84. The number of nitro groups is 1. The zero-order valence-corrected chi connectivity index (χ0v) is 8.70. The van der Waals surface area contributed by atoms with Crippen LogP contribution >= 0.6 is 0 Å². The Kier molecular flexibility index (Phi) is 2.19. The number of aryl methyl sites for hydroxylation is 2. The lowest BCUT2D eigenvalue weighted by Crippen LogP contribution is -1.89. The molecule has 0 saturated carbocycles. The molecule has 1 aromatic heterocycles. The van der Waals surface area contributed by atoms with E-state index in [0.717, 1.165) is 28.6 Å². The first-order valence-corrected chi connectivity index (χ1v) is 4.89. The summed E-state index contributed by atoms with van der Waals surface area (Å²) >= 11 is 0. The number of fused-ring (bicyclic) bond motifs is 1. The van der Waals surface area contributed by atoms with Crippen LogP contribution in [0.4, 0.5) is 5.69 Å². The highest BCUT2D eigenvalue weighted by atomic mass is 16.6. The van der Waals surface area contributed by atoms with Gasteiger partial charge in [0.25, 0.3) is 5.69 Å². The molecule has 1 N–H and O–H groups in total. The molecule has 0 aliphatic carbocycles. The molecule has 1 aromatic carbocycles. The lowest BCUT2D eigenvalue weighted by Gasteiger charge is -1.95. The molecule has 0 aliphatic rings. The number of non-ortho nitro benzene ring substituents is 1. The van der Waals surface area contributed by atoms with Crippen LogP contribution in [0.15, 0.2) is 18.2 Å². The minimum atomic E-state index is -0.331. The van der Waals surface area contributed by atoms with Crippen LogP contribution in [-0.4, -0.2) is 9.91 Å². The van der Waals surface area contributed by atoms with Gasteiger partial charge in [-0.3, -0.25) is 10.1 Å². The van der Waals surface area contributed by atoms with Gasteiger partial charge < -0.3 is 4.98 Å². The third kappa shape index (κ3) is 1.38. The molecule has 0 radical (unpaired) electrons. The number of hydrogen-bond acceptors (Lipinski definition) is 2. The number of rotatable bonds is 2. The molecule has 0 unspecified atom stereocenters. The van der Waals surface area contributed by atoms with Gasteiger partial charge in [0.15, 0.2) is 0 Å². The fraction of sp³-hybridized carbons (Fsp3) is 0.273. The summed E-state index contributed by atoms with van der Waals surface area (Å²) in [6.07, 6.45) is 0.859. The summed E-state index contributed by atoms with van der Waals surface area (Å²) in [7, 11) is 0. The maximum atomic E-state index is 10.9. The number of nitro benzene ring substituents is 1. The summed E-state index contributed by atoms with van der Waals surface area (Å²) in [5.41, 5.74) is 3.08. The van der Waals surface area contributed by atoms with Crippen molar-refractivity contribution >= 4 is 16.6 Å². The Labute approximate surface area is 87.1 Å². The molecule has 0 atom stereocenters. The molecule has 0 saturated heterocycles. The number of benzene rings is 1. The molecule has 1 heterocycles. The first-order chi connectivity index (χ1) is 7.15. The molecule has 4 heteroatoms. The van der Waals surface area contributed by atoms with E-state index >= 15 is 0 Å². The van der Waals surface area contributed by atoms with E-state index in [1.54, 1.807) is 12.1 Å². The average Bonchev–Trinajstić information content (AvgIpc) is 2.55. The summed E-state index contributed by atoms with van der Waals surface area (Å²) in [6, 6.07) is 5.12. The number of hydrogen-bond donors (Lipinski definition) is 1. The molecule has 0 spiro atoms. The highest BCUT2D eigenvalue weighted by Crippen LogP contribution is 2.30. The van der Waals surface area contributed by atoms with E-state index in [1.807, 2.05) is 19.9 Å². The molecule has 2 rings (SSSR count). The number of aromatic nitrogens is 1. The Bertz CT molecular complexity index is 529. The van der Waals surface area contributed by atoms with E-state index in [-0.39, 0.29) is 10.6 Å². The van der Waals surface area contributed by atoms with Crippen molar-refractivity contribution in [3.63, 3.8) is 0 Å². The van der Waals surface area contributed by atoms with Gasteiger partial charge in [-0.25, -0.2) is 0 Å². The maximum Gasteiger partial charge on any atom is 0.279 e. The summed E-state index contributed by atoms with van der Waals surface area (Å²) < 4.78 is 0. The van der Waals surface area contributed by atoms with Gasteiger partial charge in [-0.05, 0) is 25.0 Å². The predicted octanol–water partition coefficient (Wildman–Crippen LogP) is 2.95. The topological polar surface area (TPSA) is 58.9 Å². The molecule has 0 aliphatic heterocycles. The first kappa shape index (κ1) is 9.71. The van der Waals surface area contributed by atoms with Crippen molar-refractivity contribution in [2.75, 3.05) is 0 Å². The molecule has 0 bridgehead atoms. The third-order valence-electron chi connectivity index (χ3n) is 2.71. The van der Waals surface area contributed by atoms with Crippen molar-refractivity contribution in [3.8, 4) is 0 Å². The molecule has 78 valence electrons. The Morgan fingerprint density at radius 2 is 2.20 bits per heavy atom. The van der Waals surface area contributed by atoms with Crippen molar-refractivity contribution in [2.45, 2.75) is 20.3 Å². The number of aromatic amines is 1. The second-order valence-corrected chi connectivity index (χ2v) is 3.54. The molecule has 2 aromatic rings. The van der Waals surface area contributed by atoms with Crippen molar-refractivity contribution in [1.29, 1.82) is 0 Å². The standard InChI is InChI=1S/C11H12N2O2/c1-3-8-7(2)11-9(12-8)5-4-6-10(11)13(14)15/h4-6,12H,3H2,1-2H3. The highest BCUT2D eigenvalue weighted by molar-refractivity contribution is 5.92. The van der Waals surface area contributed by atoms with Crippen LogP contribution in [0, 0.1) is 17.0 Å². The molecular formula is C11H12N2O2. The van der Waals surface area contributed by atoms with Crippen LogP contribution < -0.4 is 0 Å². The van der Waals surface area contributed by atoms with E-state index in [1.165, 1.54) is 0 Å². The SMILES string of the molecule is CCc1[nH]c2cccc([N+](=O)[O-])c2c1C. The van der Waals surface area contributed by atoms with Gasteiger partial charge in [0, 0.05) is 11.8 Å². The summed E-state index contributed by atoms with van der Waals surface area (Å²) in [4.78, 5) is 13.7. The minimum Gasteiger partial charge on any atom is -0.358 e. The predicted molar refractivity (Wildman–Crippen MR) is 59.1 cm³/mol. The van der Waals surface area contributed by atoms with Gasteiger partial charge in [-0.1, -0.05) is 13.0 Å². The molecule has 4 nitrogen and oxygen atoms in total. The van der Waals surface area contributed by atoms with Crippen LogP contribution in [0.25, 0.3) is 10.9 Å². The van der Waals surface area contributed by atoms with Gasteiger partial charge in [0.1, 0.15) is 0 Å². The first-order valence-electron chi connectivity index (χ1n) is 4.89. The monoisotopic (exact) mass is 204 g/mol. The van der Waals surface area contributed by atoms with E-state index in [9.17, 15) is 10.1 Å². The zero-order chi connectivity index (χ0) is 11.0. The Morgan fingerprint density at radius 3 is 2.80 bits per heavy atom. The lowest BCUT2D eigenvalue weighted by molar-refractivity contribution is -0.383. The number of H-pyrrole nitrogens is 1. The molecule has 0 amide bonds. The molecular weight excluding hydrogens is 192 g/mol. The van der Waals surface area contributed by atoms with Crippen molar-refractivity contribution in [3.05, 3.63) is 39.6 Å². The van der Waals surface area contributed by atoms with Crippen molar-refractivity contribution < 1.29 is 4.92 Å². The average molecular weight is 204 g/mol. The van der Waals surface area contributed by atoms with Crippen LogP contribution in [-0.2, 0) is 6.42 Å². The zero-order valence-electron chi connectivity index (χ0n) is 8.70.